The molecule has 0 aliphatic heterocycles. The number of hydrogen-bond acceptors (Lipinski definition) is 4. The Balaban J connectivity index is 1.58. The first kappa shape index (κ1) is 21.9. The van der Waals surface area contributed by atoms with Crippen LogP contribution in [-0.2, 0) is 6.18 Å². The zero-order chi connectivity index (χ0) is 21.8. The van der Waals surface area contributed by atoms with Crippen LogP contribution < -0.4 is 9.64 Å². The van der Waals surface area contributed by atoms with Gasteiger partial charge in [-0.3, -0.25) is 0 Å². The number of benzene rings is 1. The Bertz CT molecular complexity index is 857. The van der Waals surface area contributed by atoms with E-state index >= 15 is 0 Å². The van der Waals surface area contributed by atoms with E-state index in [1.807, 2.05) is 24.3 Å². The van der Waals surface area contributed by atoms with E-state index in [1.165, 1.54) is 49.0 Å². The van der Waals surface area contributed by atoms with Crippen molar-refractivity contribution >= 4 is 11.5 Å². The van der Waals surface area contributed by atoms with Gasteiger partial charge in [-0.1, -0.05) is 37.8 Å². The predicted molar refractivity (Wildman–Crippen MR) is 115 cm³/mol. The number of alkyl halides is 3. The Hall–Kier alpha value is -2.31. The van der Waals surface area contributed by atoms with Crippen LogP contribution in [0.25, 0.3) is 0 Å². The molecule has 0 bridgehead atoms. The van der Waals surface area contributed by atoms with E-state index < -0.39 is 11.7 Å². The lowest BCUT2D eigenvalue weighted by Crippen LogP contribution is -2.23. The summed E-state index contributed by atoms with van der Waals surface area (Å²) in [6.07, 6.45) is 7.46. The van der Waals surface area contributed by atoms with Crippen LogP contribution in [0, 0.1) is 0 Å². The van der Waals surface area contributed by atoms with Crippen molar-refractivity contribution in [2.24, 2.45) is 0 Å². The molecule has 2 aromatic rings. The summed E-state index contributed by atoms with van der Waals surface area (Å²) in [6.45, 7) is 0. The molecular formula is C24H30F3N3O. The highest BCUT2D eigenvalue weighted by Crippen LogP contribution is 2.39. The van der Waals surface area contributed by atoms with Crippen molar-refractivity contribution in [2.45, 2.75) is 82.4 Å². The molecular weight excluding hydrogens is 403 g/mol. The molecule has 0 unspecified atom stereocenters. The lowest BCUT2D eigenvalue weighted by molar-refractivity contribution is -0.137. The van der Waals surface area contributed by atoms with Gasteiger partial charge in [0.1, 0.15) is 11.7 Å². The highest BCUT2D eigenvalue weighted by atomic mass is 19.4. The van der Waals surface area contributed by atoms with Crippen LogP contribution in [0.1, 0.15) is 81.3 Å². The maximum Gasteiger partial charge on any atom is 0.421 e. The zero-order valence-corrected chi connectivity index (χ0v) is 18.0. The van der Waals surface area contributed by atoms with Crippen molar-refractivity contribution < 1.29 is 17.9 Å². The van der Waals surface area contributed by atoms with E-state index in [1.54, 1.807) is 7.05 Å². The summed E-state index contributed by atoms with van der Waals surface area (Å²) in [5.41, 5.74) is 1.06. The number of hydrogen-bond donors (Lipinski definition) is 0. The molecule has 7 heteroatoms. The van der Waals surface area contributed by atoms with Crippen molar-refractivity contribution in [3.8, 4) is 6.01 Å². The number of rotatable bonds is 5. The first-order chi connectivity index (χ1) is 14.9. The Labute approximate surface area is 181 Å². The highest BCUT2D eigenvalue weighted by molar-refractivity contribution is 5.63. The molecule has 0 spiro atoms. The highest BCUT2D eigenvalue weighted by Gasteiger charge is 2.37. The third kappa shape index (κ3) is 5.31. The molecule has 1 aromatic heterocycles. The van der Waals surface area contributed by atoms with Crippen LogP contribution in [0.15, 0.2) is 30.5 Å². The van der Waals surface area contributed by atoms with Crippen molar-refractivity contribution in [1.29, 1.82) is 0 Å². The summed E-state index contributed by atoms with van der Waals surface area (Å²) in [5.74, 6) is 0.368. The minimum atomic E-state index is -4.55. The van der Waals surface area contributed by atoms with Gasteiger partial charge in [0.05, 0.1) is 0 Å². The largest absolute Gasteiger partial charge is 0.460 e. The van der Waals surface area contributed by atoms with Crippen molar-refractivity contribution in [3.63, 3.8) is 0 Å². The van der Waals surface area contributed by atoms with Gasteiger partial charge < -0.3 is 9.64 Å². The maximum atomic E-state index is 13.7. The summed E-state index contributed by atoms with van der Waals surface area (Å²) in [6, 6.07) is 7.85. The number of halogens is 3. The maximum absolute atomic E-state index is 13.7. The molecule has 31 heavy (non-hydrogen) atoms. The van der Waals surface area contributed by atoms with E-state index in [9.17, 15) is 13.2 Å². The first-order valence-electron chi connectivity index (χ1n) is 11.4. The second-order valence-corrected chi connectivity index (χ2v) is 8.75. The number of anilines is 2. The molecule has 2 fully saturated rings. The third-order valence-electron chi connectivity index (χ3n) is 6.55. The van der Waals surface area contributed by atoms with E-state index in [4.69, 9.17) is 4.74 Å². The summed E-state index contributed by atoms with van der Waals surface area (Å²) < 4.78 is 46.9. The second-order valence-electron chi connectivity index (χ2n) is 8.75. The monoisotopic (exact) mass is 433 g/mol. The van der Waals surface area contributed by atoms with Gasteiger partial charge in [0, 0.05) is 18.9 Å². The van der Waals surface area contributed by atoms with Gasteiger partial charge in [0.15, 0.2) is 5.82 Å². The fraction of sp³-hybridized carbons (Fsp3) is 0.583. The van der Waals surface area contributed by atoms with E-state index in [0.29, 0.717) is 11.6 Å². The molecule has 2 aliphatic rings. The molecule has 0 amide bonds. The molecule has 4 rings (SSSR count). The van der Waals surface area contributed by atoms with Gasteiger partial charge in [0.2, 0.25) is 0 Å². The van der Waals surface area contributed by atoms with Crippen LogP contribution in [-0.4, -0.2) is 23.1 Å². The molecule has 0 N–H and O–H groups in total. The average Bonchev–Trinajstić information content (AvgIpc) is 2.79. The molecule has 4 nitrogen and oxygen atoms in total. The van der Waals surface area contributed by atoms with Crippen molar-refractivity contribution in [3.05, 3.63) is 41.6 Å². The van der Waals surface area contributed by atoms with Crippen LogP contribution in [0.4, 0.5) is 24.7 Å². The van der Waals surface area contributed by atoms with Gasteiger partial charge in [-0.2, -0.15) is 18.2 Å². The summed E-state index contributed by atoms with van der Waals surface area (Å²) in [4.78, 5) is 9.54. The normalized spacial score (nSPS) is 18.7. The van der Waals surface area contributed by atoms with Crippen LogP contribution in [0.3, 0.4) is 0 Å². The SMILES string of the molecule is CN(c1ccc(C2CCCCC2)cc1)c1nc(OC2CCCCC2)ncc1C(F)(F)F. The van der Waals surface area contributed by atoms with Crippen molar-refractivity contribution in [1.82, 2.24) is 9.97 Å². The van der Waals surface area contributed by atoms with Gasteiger partial charge in [0.25, 0.3) is 0 Å². The minimum absolute atomic E-state index is 0.0144. The van der Waals surface area contributed by atoms with E-state index in [0.717, 1.165) is 31.9 Å². The topological polar surface area (TPSA) is 38.2 Å². The molecule has 2 aliphatic carbocycles. The van der Waals surface area contributed by atoms with Crippen LogP contribution in [0.5, 0.6) is 6.01 Å². The van der Waals surface area contributed by atoms with Gasteiger partial charge >= 0.3 is 12.2 Å². The third-order valence-corrected chi connectivity index (χ3v) is 6.55. The second kappa shape index (κ2) is 9.45. The fourth-order valence-corrected chi connectivity index (χ4v) is 4.73. The Morgan fingerprint density at radius 2 is 1.52 bits per heavy atom. The number of aromatic nitrogens is 2. The summed E-state index contributed by atoms with van der Waals surface area (Å²) in [5, 5.41) is 0. The first-order valence-corrected chi connectivity index (χ1v) is 11.4. The Kier molecular flexibility index (Phi) is 6.68. The summed E-state index contributed by atoms with van der Waals surface area (Å²) in [7, 11) is 1.61. The standard InChI is InChI=1S/C24H30F3N3O/c1-30(19-14-12-18(13-15-19)17-8-4-2-5-9-17)22-21(24(25,26)27)16-28-23(29-22)31-20-10-6-3-7-11-20/h12-17,20H,2-11H2,1H3. The Morgan fingerprint density at radius 3 is 2.13 bits per heavy atom. The molecule has 0 saturated heterocycles. The molecule has 0 radical (unpaired) electrons. The molecule has 168 valence electrons. The Morgan fingerprint density at radius 1 is 0.903 bits per heavy atom. The average molecular weight is 434 g/mol. The lowest BCUT2D eigenvalue weighted by Gasteiger charge is -2.26. The van der Waals surface area contributed by atoms with E-state index in [-0.39, 0.29) is 17.9 Å². The lowest BCUT2D eigenvalue weighted by atomic mass is 9.84. The van der Waals surface area contributed by atoms with Gasteiger partial charge in [-0.15, -0.1) is 0 Å². The molecule has 1 aromatic carbocycles. The zero-order valence-electron chi connectivity index (χ0n) is 18.0. The van der Waals surface area contributed by atoms with Crippen molar-refractivity contribution in [2.75, 3.05) is 11.9 Å². The smallest absolute Gasteiger partial charge is 0.421 e. The number of ether oxygens (including phenoxy) is 1. The van der Waals surface area contributed by atoms with E-state index in [2.05, 4.69) is 9.97 Å². The summed E-state index contributed by atoms with van der Waals surface area (Å²) >= 11 is 0. The predicted octanol–water partition coefficient (Wildman–Crippen LogP) is 7.02. The van der Waals surface area contributed by atoms with Gasteiger partial charge in [-0.05, 0) is 62.1 Å². The van der Waals surface area contributed by atoms with Crippen LogP contribution >= 0.6 is 0 Å². The fourth-order valence-electron chi connectivity index (χ4n) is 4.73. The number of nitrogens with zero attached hydrogens (tertiary/aromatic N) is 3. The van der Waals surface area contributed by atoms with Crippen LogP contribution in [0.2, 0.25) is 0 Å². The molecule has 2 saturated carbocycles. The quantitative estimate of drug-likeness (QED) is 0.508. The molecule has 1 heterocycles. The molecule has 0 atom stereocenters. The van der Waals surface area contributed by atoms with Gasteiger partial charge in [-0.25, -0.2) is 4.98 Å². The minimum Gasteiger partial charge on any atom is -0.460 e.